The Morgan fingerprint density at radius 2 is 1.69 bits per heavy atom. The molecule has 0 aliphatic heterocycles. The van der Waals surface area contributed by atoms with Gasteiger partial charge in [0.25, 0.3) is 0 Å². The van der Waals surface area contributed by atoms with Gasteiger partial charge in [-0.15, -0.1) is 0 Å². The van der Waals surface area contributed by atoms with Gasteiger partial charge in [-0.1, -0.05) is 32.4 Å². The maximum Gasteiger partial charge on any atom is 0.0337 e. The Balaban J connectivity index is 0.000000215. The molecule has 1 aromatic carbocycles. The zero-order valence-electron chi connectivity index (χ0n) is 8.66. The molecule has 0 radical (unpaired) electrons. The van der Waals surface area contributed by atoms with Gasteiger partial charge in [0.15, 0.2) is 0 Å². The minimum atomic E-state index is -0.178. The van der Waals surface area contributed by atoms with E-state index in [9.17, 15) is 0 Å². The second-order valence-electron chi connectivity index (χ2n) is 3.90. The summed E-state index contributed by atoms with van der Waals surface area (Å²) in [6, 6.07) is 10.0. The molecular weight excluding hydrogens is 208 g/mol. The van der Waals surface area contributed by atoms with Crippen LogP contribution in [0.25, 0.3) is 0 Å². The van der Waals surface area contributed by atoms with Gasteiger partial charge in [-0.25, -0.2) is 12.1 Å². The number of hydrogen-bond acceptors (Lipinski definition) is 0. The van der Waals surface area contributed by atoms with Gasteiger partial charge >= 0.3 is 0 Å². The quantitative estimate of drug-likeness (QED) is 0.509. The van der Waals surface area contributed by atoms with Crippen LogP contribution in [-0.4, -0.2) is 8.80 Å². The van der Waals surface area contributed by atoms with Crippen LogP contribution in [0.5, 0.6) is 0 Å². The van der Waals surface area contributed by atoms with E-state index < -0.39 is 0 Å². The van der Waals surface area contributed by atoms with Gasteiger partial charge in [0.2, 0.25) is 0 Å². The maximum atomic E-state index is 2.46. The molecule has 1 saturated carbocycles. The third-order valence-electron chi connectivity index (χ3n) is 2.65. The van der Waals surface area contributed by atoms with E-state index in [0.29, 0.717) is 0 Å². The monoisotopic (exact) mass is 227 g/mol. The Hall–Kier alpha value is 0.281. The average molecular weight is 227 g/mol. The van der Waals surface area contributed by atoms with Crippen LogP contribution in [0.4, 0.5) is 0 Å². The molecule has 2 heteroatoms. The predicted molar refractivity (Wildman–Crippen MR) is 58.5 cm³/mol. The first-order valence-corrected chi connectivity index (χ1v) is 7.95. The Kier molecular flexibility index (Phi) is 7.83. The molecule has 0 nitrogen and oxygen atoms in total. The smallest absolute Gasteiger partial charge is 0.0337 e. The van der Waals surface area contributed by atoms with Crippen LogP contribution in [0.1, 0.15) is 19.3 Å². The molecule has 1 fully saturated rings. The van der Waals surface area contributed by atoms with E-state index in [1.54, 1.807) is 12.8 Å². The molecule has 0 N–H and O–H groups in total. The molecule has 1 aromatic rings. The summed E-state index contributed by atoms with van der Waals surface area (Å²) in [7, 11) is -0.178. The molecule has 2 rings (SSSR count). The third-order valence-corrected chi connectivity index (χ3v) is 5.20. The number of rotatable bonds is 1. The summed E-state index contributed by atoms with van der Waals surface area (Å²) in [4.78, 5) is 0. The first-order valence-electron chi connectivity index (χ1n) is 4.97. The number of hydrogen-bond donors (Lipinski definition) is 0. The Bertz CT molecular complexity index is 161. The van der Waals surface area contributed by atoms with Crippen LogP contribution < -0.4 is 0 Å². The van der Waals surface area contributed by atoms with Crippen LogP contribution in [0.15, 0.2) is 30.3 Å². The van der Waals surface area contributed by atoms with E-state index in [0.717, 1.165) is 0 Å². The Morgan fingerprint density at radius 1 is 1.15 bits per heavy atom. The Morgan fingerprint density at radius 3 is 1.77 bits per heavy atom. The molecule has 0 spiro atoms. The minimum Gasteiger partial charge on any atom is -0.214 e. The van der Waals surface area contributed by atoms with Crippen LogP contribution in [0.2, 0.25) is 18.6 Å². The van der Waals surface area contributed by atoms with E-state index in [1.807, 2.05) is 30.3 Å². The standard InChI is InChI=1S/C6H14Si.C5H5.Ti/c1-7(2)6-4-3-5-6;1-2-4-5-3-1;/h6-7H,3-5H2,1-2H3;1-5H;/q;-1;. The van der Waals surface area contributed by atoms with Crippen LogP contribution in [0.3, 0.4) is 0 Å². The SMILES string of the molecule is C[SiH](C)C1CCC1.[Ti].c1cc[cH-]c1. The van der Waals surface area contributed by atoms with E-state index in [1.165, 1.54) is 12.0 Å². The summed E-state index contributed by atoms with van der Waals surface area (Å²) < 4.78 is 0. The molecule has 1 aliphatic carbocycles. The summed E-state index contributed by atoms with van der Waals surface area (Å²) in [5.74, 6) is 0. The normalized spacial score (nSPS) is 15.3. The summed E-state index contributed by atoms with van der Waals surface area (Å²) in [6.45, 7) is 4.92. The molecule has 0 aromatic heterocycles. The minimum absolute atomic E-state index is 0. The van der Waals surface area contributed by atoms with Gasteiger partial charge < -0.3 is 0 Å². The van der Waals surface area contributed by atoms with Gasteiger partial charge in [-0.05, 0) is 5.54 Å². The van der Waals surface area contributed by atoms with Gasteiger partial charge in [0.05, 0.1) is 0 Å². The summed E-state index contributed by atoms with van der Waals surface area (Å²) in [6.07, 6.45) is 4.64. The molecule has 0 saturated heterocycles. The fraction of sp³-hybridized carbons (Fsp3) is 0.545. The van der Waals surface area contributed by atoms with Crippen LogP contribution in [0, 0.1) is 0 Å². The summed E-state index contributed by atoms with van der Waals surface area (Å²) in [5, 5.41) is 0. The van der Waals surface area contributed by atoms with Crippen molar-refractivity contribution in [3.63, 3.8) is 0 Å². The first kappa shape index (κ1) is 13.3. The maximum absolute atomic E-state index is 2.46. The molecular formula is C11H19SiTi-. The fourth-order valence-electron chi connectivity index (χ4n) is 1.43. The van der Waals surface area contributed by atoms with Crippen molar-refractivity contribution in [1.82, 2.24) is 0 Å². The zero-order chi connectivity index (χ0) is 8.81. The third kappa shape index (κ3) is 5.56. The van der Waals surface area contributed by atoms with Crippen molar-refractivity contribution in [2.24, 2.45) is 0 Å². The topological polar surface area (TPSA) is 0 Å². The van der Waals surface area contributed by atoms with E-state index in [2.05, 4.69) is 13.1 Å². The largest absolute Gasteiger partial charge is 0.214 e. The van der Waals surface area contributed by atoms with E-state index in [4.69, 9.17) is 0 Å². The van der Waals surface area contributed by atoms with E-state index >= 15 is 0 Å². The van der Waals surface area contributed by atoms with Crippen molar-refractivity contribution >= 4 is 8.80 Å². The van der Waals surface area contributed by atoms with Gasteiger partial charge in [0, 0.05) is 30.5 Å². The fourth-order valence-corrected chi connectivity index (χ4v) is 3.23. The van der Waals surface area contributed by atoms with Crippen LogP contribution in [-0.2, 0) is 21.7 Å². The molecule has 0 amide bonds. The van der Waals surface area contributed by atoms with Gasteiger partial charge in [0.1, 0.15) is 0 Å². The summed E-state index contributed by atoms with van der Waals surface area (Å²) >= 11 is 0. The van der Waals surface area contributed by atoms with Crippen molar-refractivity contribution < 1.29 is 21.7 Å². The van der Waals surface area contributed by atoms with E-state index in [-0.39, 0.29) is 30.5 Å². The molecule has 1 aliphatic rings. The zero-order valence-corrected chi connectivity index (χ0v) is 11.4. The van der Waals surface area contributed by atoms with Crippen LogP contribution >= 0.6 is 0 Å². The second-order valence-corrected chi connectivity index (χ2v) is 7.33. The first-order chi connectivity index (χ1) is 5.80. The van der Waals surface area contributed by atoms with Gasteiger partial charge in [-0.2, -0.15) is 18.2 Å². The average Bonchev–Trinajstić information content (AvgIpc) is 2.34. The predicted octanol–water partition coefficient (Wildman–Crippen LogP) is 3.43. The Labute approximate surface area is 98.6 Å². The van der Waals surface area contributed by atoms with Crippen molar-refractivity contribution in [1.29, 1.82) is 0 Å². The van der Waals surface area contributed by atoms with Crippen molar-refractivity contribution in [3.05, 3.63) is 30.3 Å². The summed E-state index contributed by atoms with van der Waals surface area (Å²) in [5.41, 5.74) is 1.22. The van der Waals surface area contributed by atoms with Crippen molar-refractivity contribution in [2.45, 2.75) is 37.9 Å². The molecule has 0 unspecified atom stereocenters. The molecule has 72 valence electrons. The molecule has 0 atom stereocenters. The van der Waals surface area contributed by atoms with Crippen molar-refractivity contribution in [2.75, 3.05) is 0 Å². The molecule has 0 heterocycles. The molecule has 13 heavy (non-hydrogen) atoms. The van der Waals surface area contributed by atoms with Gasteiger partial charge in [-0.3, -0.25) is 0 Å². The molecule has 0 bridgehead atoms. The van der Waals surface area contributed by atoms with Crippen molar-refractivity contribution in [3.8, 4) is 0 Å². The second kappa shape index (κ2) is 7.66.